The molecule has 1 N–H and O–H groups in total. The molecule has 0 radical (unpaired) electrons. The Morgan fingerprint density at radius 3 is 1.87 bits per heavy atom. The van der Waals surface area contributed by atoms with Crippen LogP contribution in [0.3, 0.4) is 0 Å². The molecule has 0 aromatic rings. The summed E-state index contributed by atoms with van der Waals surface area (Å²) >= 11 is 3.37. The van der Waals surface area contributed by atoms with Gasteiger partial charge in [-0.15, -0.1) is 0 Å². The maximum absolute atomic E-state index is 10.1. The van der Waals surface area contributed by atoms with Crippen molar-refractivity contribution in [1.82, 2.24) is 0 Å². The van der Waals surface area contributed by atoms with Crippen LogP contribution in [-0.2, 0) is 4.79 Å². The van der Waals surface area contributed by atoms with Gasteiger partial charge in [-0.3, -0.25) is 4.79 Å². The quantitative estimate of drug-likeness (QED) is 0.409. The molecule has 0 atom stereocenters. The predicted molar refractivity (Wildman–Crippen MR) is 77.2 cm³/mol. The summed E-state index contributed by atoms with van der Waals surface area (Å²) < 4.78 is 0. The zero-order chi connectivity index (χ0) is 11.2. The van der Waals surface area contributed by atoms with Crippen LogP contribution in [0.5, 0.6) is 0 Å². The second-order valence-electron chi connectivity index (χ2n) is 3.27. The van der Waals surface area contributed by atoms with Crippen molar-refractivity contribution in [2.24, 2.45) is 0 Å². The molecule has 0 unspecified atom stereocenters. The number of hydrogen-bond donors (Lipinski definition) is 1. The van der Waals surface area contributed by atoms with Crippen LogP contribution in [0.2, 0.25) is 0 Å². The second kappa shape index (κ2) is 22.1. The van der Waals surface area contributed by atoms with Crippen molar-refractivity contribution in [3.63, 3.8) is 0 Å². The number of carboxylic acid groups (broad SMARTS) is 1. The average molecular weight is 362 g/mol. The summed E-state index contributed by atoms with van der Waals surface area (Å²) in [6.07, 6.45) is 8.64. The first-order valence-corrected chi connectivity index (χ1v) is 15.4. The van der Waals surface area contributed by atoms with Gasteiger partial charge in [-0.1, -0.05) is 45.4 Å². The third kappa shape index (κ3) is 26.5. The first kappa shape index (κ1) is 23.0. The van der Waals surface area contributed by atoms with E-state index in [-0.39, 0.29) is 29.6 Å². The standard InChI is InChI=1S/C10H20O2.HI.K.Na.H/c1-2-3-4-5-6-7-8-9-10(11)12;;;;/h2-9H2,1H3,(H,11,12);1H;;;/q;;+1;;/p-1. The Balaban J connectivity index is -0.000000449. The second-order valence-corrected chi connectivity index (χ2v) is 3.27. The van der Waals surface area contributed by atoms with E-state index in [4.69, 9.17) is 5.11 Å². The monoisotopic (exact) mass is 362 g/mol. The Kier molecular flexibility index (Phi) is 33.8. The molecule has 0 aliphatic carbocycles. The fourth-order valence-electron chi connectivity index (χ4n) is 1.23. The van der Waals surface area contributed by atoms with E-state index >= 15 is 0 Å². The van der Waals surface area contributed by atoms with E-state index in [9.17, 15) is 4.79 Å². The molecule has 15 heavy (non-hydrogen) atoms. The summed E-state index contributed by atoms with van der Waals surface area (Å²) in [6.45, 7) is 2.20. The zero-order valence-electron chi connectivity index (χ0n) is 9.39. The maximum atomic E-state index is 10.1. The van der Waals surface area contributed by atoms with Crippen molar-refractivity contribution in [3.05, 3.63) is 0 Å². The van der Waals surface area contributed by atoms with E-state index in [1.165, 1.54) is 32.1 Å². The van der Waals surface area contributed by atoms with E-state index < -0.39 is 5.97 Å². The van der Waals surface area contributed by atoms with Gasteiger partial charge in [-0.05, 0) is 6.42 Å². The van der Waals surface area contributed by atoms with Crippen LogP contribution >= 0.6 is 11.3 Å². The van der Waals surface area contributed by atoms with Gasteiger partial charge < -0.3 is 5.11 Å². The van der Waals surface area contributed by atoms with E-state index in [2.05, 4.69) is 18.2 Å². The molecular weight excluding hydrogens is 341 g/mol. The number of hydrogen-bond acceptors (Lipinski definition) is 1. The summed E-state index contributed by atoms with van der Waals surface area (Å²) in [5, 5.41) is 8.35. The molecule has 0 saturated carbocycles. The summed E-state index contributed by atoms with van der Waals surface area (Å²) in [5.74, 6) is -0.663. The topological polar surface area (TPSA) is 37.3 Å². The summed E-state index contributed by atoms with van der Waals surface area (Å²) in [5.41, 5.74) is 0. The molecule has 5 heteroatoms. The third-order valence-electron chi connectivity index (χ3n) is 1.99. The van der Waals surface area contributed by atoms with Gasteiger partial charge in [0.1, 0.15) is 0 Å². The van der Waals surface area contributed by atoms with Gasteiger partial charge in [0.2, 0.25) is 0 Å². The minimum absolute atomic E-state index is 0. The molecule has 0 aliphatic heterocycles. The van der Waals surface area contributed by atoms with Crippen molar-refractivity contribution in [2.75, 3.05) is 0 Å². The van der Waals surface area contributed by atoms with Crippen molar-refractivity contribution in [3.8, 4) is 0 Å². The summed E-state index contributed by atoms with van der Waals surface area (Å²) in [7, 11) is 0. The molecule has 0 rings (SSSR count). The zero-order valence-corrected chi connectivity index (χ0v) is 14.7. The Morgan fingerprint density at radius 1 is 1.07 bits per heavy atom. The Labute approximate surface area is 154 Å². The van der Waals surface area contributed by atoms with Crippen LogP contribution in [0.15, 0.2) is 0 Å². The van der Waals surface area contributed by atoms with Gasteiger partial charge in [-0.2, -0.15) is 0 Å². The van der Waals surface area contributed by atoms with Gasteiger partial charge in [0, 0.05) is 6.42 Å². The van der Waals surface area contributed by atoms with Crippen molar-refractivity contribution in [1.29, 1.82) is 0 Å². The minimum atomic E-state index is -0.663. The van der Waals surface area contributed by atoms with Crippen LogP contribution in [0.1, 0.15) is 58.3 Å². The first-order chi connectivity index (χ1) is 6.77. The van der Waals surface area contributed by atoms with E-state index in [1.807, 2.05) is 0 Å². The number of aliphatic carboxylic acids is 1. The van der Waals surface area contributed by atoms with Crippen molar-refractivity contribution < 1.29 is 9.90 Å². The fourth-order valence-corrected chi connectivity index (χ4v) is 1.23. The van der Waals surface area contributed by atoms with Gasteiger partial charge in [0.25, 0.3) is 0 Å². The SMILES string of the molecule is CCCCCCCCCC(=O)O.[K][I].[NaH]. The molecule has 0 spiro atoms. The Morgan fingerprint density at radius 2 is 1.47 bits per heavy atom. The van der Waals surface area contributed by atoms with Crippen LogP contribution in [0, 0.1) is 0 Å². The van der Waals surface area contributed by atoms with Crippen molar-refractivity contribution >= 4 is 89.5 Å². The van der Waals surface area contributed by atoms with Gasteiger partial charge in [0.15, 0.2) is 0 Å². The molecule has 0 aliphatic rings. The van der Waals surface area contributed by atoms with E-state index in [0.29, 0.717) is 6.42 Å². The van der Waals surface area contributed by atoms with Gasteiger partial charge >= 0.3 is 89.5 Å². The first-order valence-electron chi connectivity index (χ1n) is 5.37. The number of carbonyl (C=O) groups is 1. The average Bonchev–Trinajstić information content (AvgIpc) is 2.19. The third-order valence-corrected chi connectivity index (χ3v) is 1.99. The summed E-state index contributed by atoms with van der Waals surface area (Å²) in [6, 6.07) is 0. The van der Waals surface area contributed by atoms with Gasteiger partial charge in [-0.25, -0.2) is 0 Å². The molecule has 0 bridgehead atoms. The number of carboxylic acids is 1. The number of unbranched alkanes of at least 4 members (excludes halogenated alkanes) is 6. The van der Waals surface area contributed by atoms with Gasteiger partial charge in [0.05, 0.1) is 0 Å². The predicted octanol–water partition coefficient (Wildman–Crippen LogP) is 3.07. The Bertz CT molecular complexity index is 126. The number of halogens is 1. The molecule has 0 aromatic carbocycles. The molecule has 82 valence electrons. The Hall–Kier alpha value is 2.84. The van der Waals surface area contributed by atoms with E-state index in [0.717, 1.165) is 55.5 Å². The molecular formula is C10H21IKNaO2. The molecule has 0 aromatic heterocycles. The fraction of sp³-hybridized carbons (Fsp3) is 0.900. The molecule has 0 heterocycles. The molecule has 0 fully saturated rings. The number of rotatable bonds is 8. The molecule has 2 nitrogen and oxygen atoms in total. The normalized spacial score (nSPS) is 8.53. The van der Waals surface area contributed by atoms with E-state index in [1.54, 1.807) is 0 Å². The van der Waals surface area contributed by atoms with Crippen molar-refractivity contribution in [2.45, 2.75) is 58.3 Å². The van der Waals surface area contributed by atoms with Crippen LogP contribution in [0.25, 0.3) is 0 Å². The van der Waals surface area contributed by atoms with Crippen LogP contribution in [-0.4, -0.2) is 83.3 Å². The summed E-state index contributed by atoms with van der Waals surface area (Å²) in [4.78, 5) is 10.1. The van der Waals surface area contributed by atoms with Crippen LogP contribution in [0.4, 0.5) is 0 Å². The molecule has 0 saturated heterocycles. The van der Waals surface area contributed by atoms with Crippen LogP contribution < -0.4 is 0 Å². The molecule has 0 amide bonds.